The zero-order valence-corrected chi connectivity index (χ0v) is 8.11. The van der Waals surface area contributed by atoms with Crippen molar-refractivity contribution in [2.45, 2.75) is 13.8 Å². The molecule has 0 saturated carbocycles. The third kappa shape index (κ3) is 2.32. The van der Waals surface area contributed by atoms with E-state index in [1.165, 1.54) is 6.92 Å². The lowest BCUT2D eigenvalue weighted by molar-refractivity contribution is -0.132. The molecule has 0 aliphatic carbocycles. The highest BCUT2D eigenvalue weighted by atomic mass is 16.4. The Morgan fingerprint density at radius 1 is 1.57 bits per heavy atom. The van der Waals surface area contributed by atoms with Gasteiger partial charge < -0.3 is 10.8 Å². The second-order valence-electron chi connectivity index (χ2n) is 3.04. The number of carboxylic acids is 1. The monoisotopic (exact) mass is 192 g/mol. The first-order valence-electron chi connectivity index (χ1n) is 4.15. The van der Waals surface area contributed by atoms with Gasteiger partial charge in [0.2, 0.25) is 0 Å². The lowest BCUT2D eigenvalue weighted by atomic mass is 10.1. The Bertz CT molecular complexity index is 397. The van der Waals surface area contributed by atoms with Gasteiger partial charge in [0.15, 0.2) is 0 Å². The van der Waals surface area contributed by atoms with Gasteiger partial charge in [0, 0.05) is 11.3 Å². The number of pyridine rings is 1. The molecule has 14 heavy (non-hydrogen) atoms. The van der Waals surface area contributed by atoms with Crippen LogP contribution in [0.5, 0.6) is 0 Å². The highest BCUT2D eigenvalue weighted by Gasteiger charge is 2.02. The van der Waals surface area contributed by atoms with Crippen molar-refractivity contribution in [2.24, 2.45) is 0 Å². The van der Waals surface area contributed by atoms with Gasteiger partial charge in [0.05, 0.1) is 0 Å². The number of aryl methyl sites for hydroxylation is 1. The fraction of sp³-hybridized carbons (Fsp3) is 0.200. The van der Waals surface area contributed by atoms with Crippen molar-refractivity contribution in [2.75, 3.05) is 5.73 Å². The summed E-state index contributed by atoms with van der Waals surface area (Å²) in [6, 6.07) is 3.40. The van der Waals surface area contributed by atoms with Gasteiger partial charge in [-0.3, -0.25) is 0 Å². The number of aromatic nitrogens is 1. The summed E-state index contributed by atoms with van der Waals surface area (Å²) in [4.78, 5) is 14.6. The van der Waals surface area contributed by atoms with Gasteiger partial charge in [-0.25, -0.2) is 9.78 Å². The second kappa shape index (κ2) is 3.91. The van der Waals surface area contributed by atoms with Gasteiger partial charge in [-0.15, -0.1) is 0 Å². The summed E-state index contributed by atoms with van der Waals surface area (Å²) in [7, 11) is 0. The van der Waals surface area contributed by atoms with Crippen molar-refractivity contribution in [3.05, 3.63) is 29.0 Å². The quantitative estimate of drug-likeness (QED) is 0.695. The average Bonchev–Trinajstić information content (AvgIpc) is 2.09. The van der Waals surface area contributed by atoms with E-state index in [4.69, 9.17) is 10.8 Å². The highest BCUT2D eigenvalue weighted by molar-refractivity contribution is 5.91. The summed E-state index contributed by atoms with van der Waals surface area (Å²) in [5, 5.41) is 8.68. The Labute approximate surface area is 82.1 Å². The number of carbonyl (C=O) groups is 1. The highest BCUT2D eigenvalue weighted by Crippen LogP contribution is 2.12. The van der Waals surface area contributed by atoms with Crippen LogP contribution < -0.4 is 5.73 Å². The standard InChI is InChI=1S/C10H12N2O2/c1-6(10(13)14)5-8-3-4-9(11)12-7(8)2/h3-5H,1-2H3,(H2,11,12)(H,13,14)/b6-5+. The molecule has 0 fully saturated rings. The molecule has 3 N–H and O–H groups in total. The van der Waals surface area contributed by atoms with E-state index in [0.717, 1.165) is 11.3 Å². The molecule has 0 atom stereocenters. The summed E-state index contributed by atoms with van der Waals surface area (Å²) in [6.07, 6.45) is 1.57. The number of hydrogen-bond donors (Lipinski definition) is 2. The predicted molar refractivity (Wildman–Crippen MR) is 54.7 cm³/mol. The number of carboxylic acid groups (broad SMARTS) is 1. The van der Waals surface area contributed by atoms with Gasteiger partial charge in [0.25, 0.3) is 0 Å². The molecule has 1 aromatic heterocycles. The number of aliphatic carboxylic acids is 1. The van der Waals surface area contributed by atoms with Gasteiger partial charge in [-0.2, -0.15) is 0 Å². The summed E-state index contributed by atoms with van der Waals surface area (Å²) in [6.45, 7) is 3.33. The van der Waals surface area contributed by atoms with Gasteiger partial charge in [0.1, 0.15) is 5.82 Å². The van der Waals surface area contributed by atoms with E-state index in [0.29, 0.717) is 5.82 Å². The van der Waals surface area contributed by atoms with Crippen LogP contribution >= 0.6 is 0 Å². The maximum absolute atomic E-state index is 10.6. The number of hydrogen-bond acceptors (Lipinski definition) is 3. The van der Waals surface area contributed by atoms with E-state index >= 15 is 0 Å². The van der Waals surface area contributed by atoms with E-state index in [2.05, 4.69) is 4.98 Å². The number of nitrogens with two attached hydrogens (primary N) is 1. The molecular weight excluding hydrogens is 180 g/mol. The molecule has 1 rings (SSSR count). The Morgan fingerprint density at radius 3 is 2.71 bits per heavy atom. The largest absolute Gasteiger partial charge is 0.478 e. The molecule has 0 aliphatic heterocycles. The van der Waals surface area contributed by atoms with Gasteiger partial charge in [-0.1, -0.05) is 0 Å². The van der Waals surface area contributed by atoms with Crippen molar-refractivity contribution in [3.8, 4) is 0 Å². The molecule has 0 bridgehead atoms. The Balaban J connectivity index is 3.09. The molecule has 0 radical (unpaired) electrons. The van der Waals surface area contributed by atoms with E-state index in [1.54, 1.807) is 25.1 Å². The van der Waals surface area contributed by atoms with Crippen LogP contribution in [0.2, 0.25) is 0 Å². The smallest absolute Gasteiger partial charge is 0.331 e. The SMILES string of the molecule is C/C(=C\c1ccc(N)nc1C)C(=O)O. The van der Waals surface area contributed by atoms with Crippen LogP contribution in [0.25, 0.3) is 6.08 Å². The van der Waals surface area contributed by atoms with Gasteiger partial charge >= 0.3 is 5.97 Å². The third-order valence-corrected chi connectivity index (χ3v) is 1.86. The maximum atomic E-state index is 10.6. The first-order chi connectivity index (χ1) is 6.50. The van der Waals surface area contributed by atoms with E-state index in [9.17, 15) is 4.79 Å². The van der Waals surface area contributed by atoms with Crippen LogP contribution in [0, 0.1) is 6.92 Å². The fourth-order valence-electron chi connectivity index (χ4n) is 1.04. The summed E-state index contributed by atoms with van der Waals surface area (Å²) in [5.74, 6) is -0.492. The predicted octanol–water partition coefficient (Wildman–Crippen LogP) is 1.46. The van der Waals surface area contributed by atoms with E-state index in [-0.39, 0.29) is 5.57 Å². The van der Waals surface area contributed by atoms with Crippen molar-refractivity contribution in [3.63, 3.8) is 0 Å². The molecule has 1 aromatic rings. The average molecular weight is 192 g/mol. The van der Waals surface area contributed by atoms with E-state index < -0.39 is 5.97 Å². The van der Waals surface area contributed by atoms with Crippen molar-refractivity contribution < 1.29 is 9.90 Å². The van der Waals surface area contributed by atoms with Crippen LogP contribution in [0.15, 0.2) is 17.7 Å². The van der Waals surface area contributed by atoms with E-state index in [1.807, 2.05) is 0 Å². The Morgan fingerprint density at radius 2 is 2.21 bits per heavy atom. The zero-order valence-electron chi connectivity index (χ0n) is 8.11. The molecule has 4 nitrogen and oxygen atoms in total. The molecule has 1 heterocycles. The number of nitrogens with zero attached hydrogens (tertiary/aromatic N) is 1. The molecule has 0 aromatic carbocycles. The minimum atomic E-state index is -0.929. The second-order valence-corrected chi connectivity index (χ2v) is 3.04. The number of nitrogen functional groups attached to an aromatic ring is 1. The molecule has 74 valence electrons. The summed E-state index contributed by atoms with van der Waals surface area (Å²) >= 11 is 0. The minimum Gasteiger partial charge on any atom is -0.478 e. The van der Waals surface area contributed by atoms with Crippen LogP contribution in [0.4, 0.5) is 5.82 Å². The first-order valence-corrected chi connectivity index (χ1v) is 4.15. The molecule has 0 aliphatic rings. The molecule has 0 unspecified atom stereocenters. The first kappa shape index (κ1) is 10.2. The number of anilines is 1. The molecule has 0 saturated heterocycles. The fourth-order valence-corrected chi connectivity index (χ4v) is 1.04. The van der Waals surface area contributed by atoms with Crippen LogP contribution in [-0.4, -0.2) is 16.1 Å². The Kier molecular flexibility index (Phi) is 2.86. The molecule has 0 amide bonds. The molecule has 4 heteroatoms. The van der Waals surface area contributed by atoms with Crippen molar-refractivity contribution >= 4 is 17.9 Å². The summed E-state index contributed by atoms with van der Waals surface area (Å²) < 4.78 is 0. The maximum Gasteiger partial charge on any atom is 0.331 e. The summed E-state index contributed by atoms with van der Waals surface area (Å²) in [5.41, 5.74) is 7.25. The zero-order chi connectivity index (χ0) is 10.7. The lowest BCUT2D eigenvalue weighted by Crippen LogP contribution is -1.98. The minimum absolute atomic E-state index is 0.277. The molecular formula is C10H12N2O2. The number of rotatable bonds is 2. The van der Waals surface area contributed by atoms with Crippen molar-refractivity contribution in [1.29, 1.82) is 0 Å². The third-order valence-electron chi connectivity index (χ3n) is 1.86. The normalized spacial score (nSPS) is 11.4. The van der Waals surface area contributed by atoms with Crippen molar-refractivity contribution in [1.82, 2.24) is 4.98 Å². The topological polar surface area (TPSA) is 76.2 Å². The lowest BCUT2D eigenvalue weighted by Gasteiger charge is -2.01. The van der Waals surface area contributed by atoms with Crippen LogP contribution in [-0.2, 0) is 4.79 Å². The van der Waals surface area contributed by atoms with Gasteiger partial charge in [-0.05, 0) is 37.6 Å². The molecule has 0 spiro atoms. The van der Waals surface area contributed by atoms with Crippen LogP contribution in [0.3, 0.4) is 0 Å². The van der Waals surface area contributed by atoms with Crippen LogP contribution in [0.1, 0.15) is 18.2 Å². The Hall–Kier alpha value is -1.84.